The lowest BCUT2D eigenvalue weighted by molar-refractivity contribution is -0.129. The third-order valence-electron chi connectivity index (χ3n) is 4.17. The predicted molar refractivity (Wildman–Crippen MR) is 88.7 cm³/mol. The molecule has 1 heterocycles. The molecule has 1 amide bonds. The van der Waals surface area contributed by atoms with Crippen LogP contribution in [0.5, 0.6) is 0 Å². The zero-order valence-corrected chi connectivity index (χ0v) is 14.1. The molecule has 118 valence electrons. The van der Waals surface area contributed by atoms with Crippen molar-refractivity contribution >= 4 is 5.91 Å². The molecule has 1 aromatic carbocycles. The molecule has 0 aliphatic heterocycles. The Morgan fingerprint density at radius 1 is 1.27 bits per heavy atom. The van der Waals surface area contributed by atoms with Crippen molar-refractivity contribution in [3.63, 3.8) is 0 Å². The second-order valence-corrected chi connectivity index (χ2v) is 6.20. The molecule has 0 fully saturated rings. The number of hydrogen-bond donors (Lipinski definition) is 0. The van der Waals surface area contributed by atoms with E-state index in [1.54, 1.807) is 15.8 Å². The summed E-state index contributed by atoms with van der Waals surface area (Å²) in [5, 5.41) is 4.18. The minimum absolute atomic E-state index is 0.115. The van der Waals surface area contributed by atoms with Crippen LogP contribution in [-0.2, 0) is 24.8 Å². The Kier molecular flexibility index (Phi) is 5.01. The number of aromatic nitrogens is 2. The first-order chi connectivity index (χ1) is 10.4. The van der Waals surface area contributed by atoms with Crippen LogP contribution in [0.3, 0.4) is 0 Å². The van der Waals surface area contributed by atoms with Crippen LogP contribution in [0.15, 0.2) is 30.5 Å². The van der Waals surface area contributed by atoms with Crippen molar-refractivity contribution in [2.24, 2.45) is 7.05 Å². The second kappa shape index (κ2) is 6.77. The number of carbonyl (C=O) groups is 1. The fourth-order valence-corrected chi connectivity index (χ4v) is 2.39. The number of aryl methyl sites for hydroxylation is 1. The van der Waals surface area contributed by atoms with E-state index in [-0.39, 0.29) is 5.91 Å². The van der Waals surface area contributed by atoms with E-state index in [4.69, 9.17) is 0 Å². The maximum Gasteiger partial charge on any atom is 0.227 e. The van der Waals surface area contributed by atoms with Gasteiger partial charge in [0.05, 0.1) is 12.6 Å². The van der Waals surface area contributed by atoms with Crippen molar-refractivity contribution in [2.75, 3.05) is 7.05 Å². The van der Waals surface area contributed by atoms with Crippen molar-refractivity contribution in [2.45, 2.75) is 39.7 Å². The van der Waals surface area contributed by atoms with Gasteiger partial charge in [0.2, 0.25) is 5.91 Å². The molecule has 22 heavy (non-hydrogen) atoms. The summed E-state index contributed by atoms with van der Waals surface area (Å²) in [7, 11) is 3.74. The molecule has 2 aromatic rings. The zero-order valence-electron chi connectivity index (χ0n) is 14.1. The molecule has 2 rings (SSSR count). The highest BCUT2D eigenvalue weighted by atomic mass is 16.2. The van der Waals surface area contributed by atoms with Gasteiger partial charge in [0.15, 0.2) is 0 Å². The van der Waals surface area contributed by atoms with Crippen molar-refractivity contribution in [1.29, 1.82) is 0 Å². The molecule has 0 saturated carbocycles. The highest BCUT2D eigenvalue weighted by molar-refractivity contribution is 5.78. The Morgan fingerprint density at radius 3 is 2.41 bits per heavy atom. The second-order valence-electron chi connectivity index (χ2n) is 6.20. The normalized spacial score (nSPS) is 11.0. The van der Waals surface area contributed by atoms with Gasteiger partial charge in [-0.2, -0.15) is 5.10 Å². The average Bonchev–Trinajstić information content (AvgIpc) is 2.79. The quantitative estimate of drug-likeness (QED) is 0.851. The molecule has 4 nitrogen and oxygen atoms in total. The highest BCUT2D eigenvalue weighted by Gasteiger charge is 2.13. The maximum atomic E-state index is 12.3. The van der Waals surface area contributed by atoms with Crippen molar-refractivity contribution in [1.82, 2.24) is 14.7 Å². The number of hydrogen-bond acceptors (Lipinski definition) is 2. The largest absolute Gasteiger partial charge is 0.341 e. The van der Waals surface area contributed by atoms with Gasteiger partial charge in [0, 0.05) is 31.9 Å². The third-order valence-corrected chi connectivity index (χ3v) is 4.17. The Labute approximate surface area is 132 Å². The number of benzene rings is 1. The van der Waals surface area contributed by atoms with Gasteiger partial charge in [-0.25, -0.2) is 0 Å². The molecule has 0 spiro atoms. The van der Waals surface area contributed by atoms with Crippen LogP contribution >= 0.6 is 0 Å². The lowest BCUT2D eigenvalue weighted by Crippen LogP contribution is -2.27. The standard InChI is InChI=1S/C18H25N3O/c1-13(2)16-8-6-15(7-9-16)12-20(4)18(22)10-17-11-19-21(5)14(17)3/h6-9,11,13H,10,12H2,1-5H3. The third kappa shape index (κ3) is 3.75. The van der Waals surface area contributed by atoms with Crippen LogP contribution in [0.25, 0.3) is 0 Å². The van der Waals surface area contributed by atoms with E-state index in [1.165, 1.54) is 5.56 Å². The molecule has 0 unspecified atom stereocenters. The van der Waals surface area contributed by atoms with Gasteiger partial charge in [-0.3, -0.25) is 9.48 Å². The molecule has 0 atom stereocenters. The maximum absolute atomic E-state index is 12.3. The number of rotatable bonds is 5. The monoisotopic (exact) mass is 299 g/mol. The van der Waals surface area contributed by atoms with E-state index in [2.05, 4.69) is 43.2 Å². The van der Waals surface area contributed by atoms with Crippen LogP contribution in [-0.4, -0.2) is 27.6 Å². The average molecular weight is 299 g/mol. The first-order valence-electron chi connectivity index (χ1n) is 7.68. The minimum Gasteiger partial charge on any atom is -0.341 e. The summed E-state index contributed by atoms with van der Waals surface area (Å²) < 4.78 is 1.80. The number of carbonyl (C=O) groups excluding carboxylic acids is 1. The first-order valence-corrected chi connectivity index (χ1v) is 7.68. The van der Waals surface area contributed by atoms with E-state index >= 15 is 0 Å². The van der Waals surface area contributed by atoms with Crippen molar-refractivity contribution < 1.29 is 4.79 Å². The van der Waals surface area contributed by atoms with Crippen LogP contribution in [0, 0.1) is 6.92 Å². The Bertz CT molecular complexity index is 641. The SMILES string of the molecule is Cc1c(CC(=O)N(C)Cc2ccc(C(C)C)cc2)cnn1C. The molecule has 1 aromatic heterocycles. The molecule has 0 aliphatic carbocycles. The van der Waals surface area contributed by atoms with Crippen LogP contribution in [0.1, 0.15) is 42.1 Å². The van der Waals surface area contributed by atoms with Gasteiger partial charge in [-0.1, -0.05) is 38.1 Å². The molecule has 0 bridgehead atoms. The number of nitrogens with zero attached hydrogens (tertiary/aromatic N) is 3. The topological polar surface area (TPSA) is 38.1 Å². The van der Waals surface area contributed by atoms with Gasteiger partial charge < -0.3 is 4.90 Å². The molecule has 0 radical (unpaired) electrons. The molecular formula is C18H25N3O. The summed E-state index contributed by atoms with van der Waals surface area (Å²) in [6.45, 7) is 6.98. The lowest BCUT2D eigenvalue weighted by Gasteiger charge is -2.18. The van der Waals surface area contributed by atoms with Crippen LogP contribution < -0.4 is 0 Å². The van der Waals surface area contributed by atoms with E-state index in [0.717, 1.165) is 16.8 Å². The lowest BCUT2D eigenvalue weighted by atomic mass is 10.0. The Balaban J connectivity index is 1.97. The first kappa shape index (κ1) is 16.3. The summed E-state index contributed by atoms with van der Waals surface area (Å²) >= 11 is 0. The highest BCUT2D eigenvalue weighted by Crippen LogP contribution is 2.16. The number of likely N-dealkylation sites (N-methyl/N-ethyl adjacent to an activating group) is 1. The molecular weight excluding hydrogens is 274 g/mol. The summed E-state index contributed by atoms with van der Waals surface area (Å²) in [5.74, 6) is 0.644. The molecule has 4 heteroatoms. The Morgan fingerprint density at radius 2 is 1.91 bits per heavy atom. The Hall–Kier alpha value is -2.10. The summed E-state index contributed by atoms with van der Waals surface area (Å²) in [4.78, 5) is 14.1. The van der Waals surface area contributed by atoms with E-state index in [1.807, 2.05) is 21.0 Å². The minimum atomic E-state index is 0.115. The molecule has 0 aliphatic rings. The smallest absolute Gasteiger partial charge is 0.227 e. The van der Waals surface area contributed by atoms with E-state index in [9.17, 15) is 4.79 Å². The number of amides is 1. The fourth-order valence-electron chi connectivity index (χ4n) is 2.39. The van der Waals surface area contributed by atoms with E-state index in [0.29, 0.717) is 18.9 Å². The van der Waals surface area contributed by atoms with E-state index < -0.39 is 0 Å². The van der Waals surface area contributed by atoms with Crippen molar-refractivity contribution in [3.05, 3.63) is 52.8 Å². The summed E-state index contributed by atoms with van der Waals surface area (Å²) in [6.07, 6.45) is 2.18. The van der Waals surface area contributed by atoms with Gasteiger partial charge in [-0.05, 0) is 24.0 Å². The molecule has 0 N–H and O–H groups in total. The van der Waals surface area contributed by atoms with Crippen LogP contribution in [0.2, 0.25) is 0 Å². The van der Waals surface area contributed by atoms with Gasteiger partial charge >= 0.3 is 0 Å². The molecule has 0 saturated heterocycles. The van der Waals surface area contributed by atoms with Gasteiger partial charge in [0.25, 0.3) is 0 Å². The van der Waals surface area contributed by atoms with Gasteiger partial charge in [0.1, 0.15) is 0 Å². The predicted octanol–water partition coefficient (Wildman–Crippen LogP) is 3.05. The summed E-state index contributed by atoms with van der Waals surface area (Å²) in [5.41, 5.74) is 4.52. The summed E-state index contributed by atoms with van der Waals surface area (Å²) in [6, 6.07) is 8.50. The van der Waals surface area contributed by atoms with Gasteiger partial charge in [-0.15, -0.1) is 0 Å². The fraction of sp³-hybridized carbons (Fsp3) is 0.444. The van der Waals surface area contributed by atoms with Crippen molar-refractivity contribution in [3.8, 4) is 0 Å². The zero-order chi connectivity index (χ0) is 16.3. The van der Waals surface area contributed by atoms with Crippen LogP contribution in [0.4, 0.5) is 0 Å².